The van der Waals surface area contributed by atoms with E-state index < -0.39 is 12.0 Å². The van der Waals surface area contributed by atoms with E-state index in [1.807, 2.05) is 37.3 Å². The molecule has 1 rings (SSSR count). The highest BCUT2D eigenvalue weighted by Gasteiger charge is 2.21. The van der Waals surface area contributed by atoms with Crippen LogP contribution in [-0.2, 0) is 20.7 Å². The number of rotatable bonds is 9. The third-order valence-electron chi connectivity index (χ3n) is 3.03. The highest BCUT2D eigenvalue weighted by Crippen LogP contribution is 2.04. The maximum atomic E-state index is 11.8. The molecule has 122 valence electrons. The molecule has 0 spiro atoms. The van der Waals surface area contributed by atoms with E-state index >= 15 is 0 Å². The fourth-order valence-corrected chi connectivity index (χ4v) is 1.92. The van der Waals surface area contributed by atoms with Crippen LogP contribution in [0.3, 0.4) is 0 Å². The van der Waals surface area contributed by atoms with Crippen molar-refractivity contribution in [3.8, 4) is 0 Å². The summed E-state index contributed by atoms with van der Waals surface area (Å²) >= 11 is 0. The molecule has 0 unspecified atom stereocenters. The number of methoxy groups -OCH3 is 1. The van der Waals surface area contributed by atoms with Crippen LogP contribution < -0.4 is 10.6 Å². The Morgan fingerprint density at radius 1 is 1.23 bits per heavy atom. The van der Waals surface area contributed by atoms with Gasteiger partial charge in [0, 0.05) is 26.2 Å². The summed E-state index contributed by atoms with van der Waals surface area (Å²) in [5.41, 5.74) is 0.953. The second kappa shape index (κ2) is 10.6. The predicted molar refractivity (Wildman–Crippen MR) is 83.6 cm³/mol. The molecule has 0 fully saturated rings. The molecule has 0 aromatic heterocycles. The first-order valence-corrected chi connectivity index (χ1v) is 7.41. The van der Waals surface area contributed by atoms with Gasteiger partial charge >= 0.3 is 12.0 Å². The van der Waals surface area contributed by atoms with E-state index in [2.05, 4.69) is 10.6 Å². The molecule has 0 saturated heterocycles. The van der Waals surface area contributed by atoms with Gasteiger partial charge < -0.3 is 20.1 Å². The molecule has 6 heteroatoms. The fourth-order valence-electron chi connectivity index (χ4n) is 1.92. The number of urea groups is 1. The zero-order valence-corrected chi connectivity index (χ0v) is 13.1. The van der Waals surface area contributed by atoms with Gasteiger partial charge in [0.15, 0.2) is 0 Å². The smallest absolute Gasteiger partial charge is 0.328 e. The maximum absolute atomic E-state index is 11.8. The summed E-state index contributed by atoms with van der Waals surface area (Å²) in [6, 6.07) is 8.38. The van der Waals surface area contributed by atoms with Crippen LogP contribution in [0.1, 0.15) is 18.9 Å². The fraction of sp³-hybridized carbons (Fsp3) is 0.500. The van der Waals surface area contributed by atoms with E-state index in [-0.39, 0.29) is 6.03 Å². The zero-order valence-electron chi connectivity index (χ0n) is 13.1. The lowest BCUT2D eigenvalue weighted by Gasteiger charge is -2.17. The molecule has 0 saturated carbocycles. The van der Waals surface area contributed by atoms with Crippen molar-refractivity contribution in [2.75, 3.05) is 26.9 Å². The van der Waals surface area contributed by atoms with E-state index in [4.69, 9.17) is 9.47 Å². The minimum absolute atomic E-state index is 0.386. The van der Waals surface area contributed by atoms with Crippen LogP contribution in [0.2, 0.25) is 0 Å². The summed E-state index contributed by atoms with van der Waals surface area (Å²) in [6.45, 7) is 3.67. The zero-order chi connectivity index (χ0) is 16.2. The number of esters is 1. The predicted octanol–water partition coefficient (Wildman–Crippen LogP) is 1.50. The lowest BCUT2D eigenvalue weighted by atomic mass is 10.1. The first kappa shape index (κ1) is 18.0. The number of hydrogen-bond donors (Lipinski definition) is 2. The van der Waals surface area contributed by atoms with Gasteiger partial charge in [-0.15, -0.1) is 0 Å². The second-order valence-electron chi connectivity index (χ2n) is 4.72. The lowest BCUT2D eigenvalue weighted by molar-refractivity contribution is -0.142. The van der Waals surface area contributed by atoms with Gasteiger partial charge in [-0.05, 0) is 18.9 Å². The normalized spacial score (nSPS) is 11.5. The number of hydrogen-bond acceptors (Lipinski definition) is 4. The lowest BCUT2D eigenvalue weighted by Crippen LogP contribution is -2.47. The van der Waals surface area contributed by atoms with Crippen LogP contribution in [-0.4, -0.2) is 44.9 Å². The van der Waals surface area contributed by atoms with Crippen molar-refractivity contribution >= 4 is 12.0 Å². The number of carbonyl (C=O) groups excluding carboxylic acids is 2. The van der Waals surface area contributed by atoms with Crippen molar-refractivity contribution in [2.24, 2.45) is 0 Å². The van der Waals surface area contributed by atoms with Crippen LogP contribution in [0, 0.1) is 0 Å². The van der Waals surface area contributed by atoms with Gasteiger partial charge in [-0.25, -0.2) is 9.59 Å². The number of carbonyl (C=O) groups is 2. The Morgan fingerprint density at radius 3 is 2.59 bits per heavy atom. The molecule has 0 radical (unpaired) electrons. The van der Waals surface area contributed by atoms with Gasteiger partial charge in [-0.2, -0.15) is 0 Å². The molecule has 1 aromatic rings. The minimum Gasteiger partial charge on any atom is -0.467 e. The van der Waals surface area contributed by atoms with Gasteiger partial charge in [0.25, 0.3) is 0 Å². The topological polar surface area (TPSA) is 76.7 Å². The van der Waals surface area contributed by atoms with Crippen LogP contribution in [0.15, 0.2) is 30.3 Å². The molecule has 22 heavy (non-hydrogen) atoms. The third kappa shape index (κ3) is 7.08. The van der Waals surface area contributed by atoms with E-state index in [1.165, 1.54) is 7.11 Å². The van der Waals surface area contributed by atoms with Gasteiger partial charge in [0.2, 0.25) is 0 Å². The monoisotopic (exact) mass is 308 g/mol. The van der Waals surface area contributed by atoms with E-state index in [9.17, 15) is 9.59 Å². The Bertz CT molecular complexity index is 451. The molecule has 0 bridgehead atoms. The van der Waals surface area contributed by atoms with Gasteiger partial charge in [-0.1, -0.05) is 30.3 Å². The Balaban J connectivity index is 2.44. The summed E-state index contributed by atoms with van der Waals surface area (Å²) in [5, 5.41) is 5.34. The summed E-state index contributed by atoms with van der Waals surface area (Å²) in [7, 11) is 1.31. The number of amides is 2. The maximum Gasteiger partial charge on any atom is 0.328 e. The molecule has 0 aliphatic heterocycles. The van der Waals surface area contributed by atoms with Crippen LogP contribution in [0.4, 0.5) is 4.79 Å². The first-order chi connectivity index (χ1) is 10.7. The van der Waals surface area contributed by atoms with Crippen molar-refractivity contribution in [3.63, 3.8) is 0 Å². The summed E-state index contributed by atoms with van der Waals surface area (Å²) < 4.78 is 9.93. The third-order valence-corrected chi connectivity index (χ3v) is 3.03. The van der Waals surface area contributed by atoms with Crippen molar-refractivity contribution in [1.82, 2.24) is 10.6 Å². The quantitative estimate of drug-likeness (QED) is 0.535. The SMILES string of the molecule is CCOCCCNC(=O)N[C@H](Cc1ccccc1)C(=O)OC. The minimum atomic E-state index is -0.709. The Hall–Kier alpha value is -2.08. The molecule has 1 atom stereocenters. The molecular formula is C16H24N2O4. The van der Waals surface area contributed by atoms with Crippen molar-refractivity contribution in [2.45, 2.75) is 25.8 Å². The molecule has 6 nitrogen and oxygen atoms in total. The average molecular weight is 308 g/mol. The Labute approximate surface area is 131 Å². The summed E-state index contributed by atoms with van der Waals surface area (Å²) in [6.07, 6.45) is 1.11. The molecule has 2 N–H and O–H groups in total. The highest BCUT2D eigenvalue weighted by molar-refractivity contribution is 5.83. The first-order valence-electron chi connectivity index (χ1n) is 7.41. The largest absolute Gasteiger partial charge is 0.467 e. The van der Waals surface area contributed by atoms with Crippen molar-refractivity contribution in [1.29, 1.82) is 0 Å². The highest BCUT2D eigenvalue weighted by atomic mass is 16.5. The molecule has 0 aliphatic carbocycles. The summed E-state index contributed by atoms with van der Waals surface area (Å²) in [5.74, 6) is -0.465. The molecule has 0 aliphatic rings. The van der Waals surface area contributed by atoms with E-state index in [1.54, 1.807) is 0 Å². The Kier molecular flexibility index (Phi) is 8.67. The van der Waals surface area contributed by atoms with Gasteiger partial charge in [0.1, 0.15) is 6.04 Å². The number of benzene rings is 1. The molecular weight excluding hydrogens is 284 g/mol. The van der Waals surface area contributed by atoms with Gasteiger partial charge in [-0.3, -0.25) is 0 Å². The van der Waals surface area contributed by atoms with Gasteiger partial charge in [0.05, 0.1) is 7.11 Å². The number of ether oxygens (including phenoxy) is 2. The van der Waals surface area contributed by atoms with E-state index in [0.717, 1.165) is 12.0 Å². The van der Waals surface area contributed by atoms with E-state index in [0.29, 0.717) is 26.2 Å². The van der Waals surface area contributed by atoms with Crippen LogP contribution in [0.5, 0.6) is 0 Å². The van der Waals surface area contributed by atoms with Crippen LogP contribution >= 0.6 is 0 Å². The average Bonchev–Trinajstić information content (AvgIpc) is 2.54. The molecule has 1 aromatic carbocycles. The van der Waals surface area contributed by atoms with Crippen molar-refractivity contribution < 1.29 is 19.1 Å². The standard InChI is InChI=1S/C16H24N2O4/c1-3-22-11-7-10-17-16(20)18-14(15(19)21-2)12-13-8-5-4-6-9-13/h4-6,8-9,14H,3,7,10-12H2,1-2H3,(H2,17,18,20)/t14-/m1/s1. The second-order valence-corrected chi connectivity index (χ2v) is 4.72. The van der Waals surface area contributed by atoms with Crippen molar-refractivity contribution in [3.05, 3.63) is 35.9 Å². The summed E-state index contributed by atoms with van der Waals surface area (Å²) in [4.78, 5) is 23.6. The molecule has 2 amide bonds. The van der Waals surface area contributed by atoms with Crippen LogP contribution in [0.25, 0.3) is 0 Å². The Morgan fingerprint density at radius 2 is 1.95 bits per heavy atom. The molecule has 0 heterocycles. The number of nitrogens with one attached hydrogen (secondary N) is 2.